The molecule has 1 fully saturated rings. The molecule has 2 N–H and O–H groups in total. The second kappa shape index (κ2) is 5.70. The van der Waals surface area contributed by atoms with E-state index in [9.17, 15) is 9.59 Å². The van der Waals surface area contributed by atoms with Crippen LogP contribution in [-0.4, -0.2) is 47.6 Å². The number of likely N-dealkylation sites (N-methyl/N-ethyl adjacent to an activating group) is 1. The van der Waals surface area contributed by atoms with E-state index >= 15 is 0 Å². The fourth-order valence-corrected chi connectivity index (χ4v) is 1.87. The van der Waals surface area contributed by atoms with Gasteiger partial charge in [0.05, 0.1) is 6.61 Å². The van der Waals surface area contributed by atoms with Gasteiger partial charge in [-0.3, -0.25) is 9.59 Å². The SMILES string of the molecule is CCNC(=O)C1CCCN1C(=O)CCO. The largest absolute Gasteiger partial charge is 0.396 e. The molecular weight excluding hydrogens is 196 g/mol. The summed E-state index contributed by atoms with van der Waals surface area (Å²) in [4.78, 5) is 24.7. The molecule has 1 heterocycles. The van der Waals surface area contributed by atoms with Gasteiger partial charge in [-0.25, -0.2) is 0 Å². The Hall–Kier alpha value is -1.10. The van der Waals surface area contributed by atoms with E-state index in [2.05, 4.69) is 5.32 Å². The van der Waals surface area contributed by atoms with Crippen LogP contribution in [0.15, 0.2) is 0 Å². The molecule has 0 aromatic carbocycles. The molecular formula is C10H18N2O3. The molecule has 5 nitrogen and oxygen atoms in total. The van der Waals surface area contributed by atoms with Crippen molar-refractivity contribution in [2.75, 3.05) is 19.7 Å². The average molecular weight is 214 g/mol. The number of aliphatic hydroxyl groups excluding tert-OH is 1. The monoisotopic (exact) mass is 214 g/mol. The van der Waals surface area contributed by atoms with Crippen molar-refractivity contribution in [1.82, 2.24) is 10.2 Å². The zero-order valence-electron chi connectivity index (χ0n) is 9.03. The molecule has 0 spiro atoms. The number of nitrogens with one attached hydrogen (secondary N) is 1. The number of nitrogens with zero attached hydrogens (tertiary/aromatic N) is 1. The molecule has 0 saturated carbocycles. The number of likely N-dealkylation sites (tertiary alicyclic amines) is 1. The van der Waals surface area contributed by atoms with Crippen LogP contribution >= 0.6 is 0 Å². The molecule has 0 aromatic rings. The van der Waals surface area contributed by atoms with Crippen LogP contribution in [0.5, 0.6) is 0 Å². The molecule has 0 bridgehead atoms. The normalized spacial score (nSPS) is 20.4. The minimum Gasteiger partial charge on any atom is -0.396 e. The first-order valence-corrected chi connectivity index (χ1v) is 5.38. The summed E-state index contributed by atoms with van der Waals surface area (Å²) in [5.74, 6) is -0.215. The Morgan fingerprint density at radius 1 is 1.53 bits per heavy atom. The van der Waals surface area contributed by atoms with Crippen LogP contribution in [0, 0.1) is 0 Å². The molecule has 0 aliphatic carbocycles. The smallest absolute Gasteiger partial charge is 0.242 e. The van der Waals surface area contributed by atoms with Crippen molar-refractivity contribution < 1.29 is 14.7 Å². The van der Waals surface area contributed by atoms with Gasteiger partial charge in [0.15, 0.2) is 0 Å². The van der Waals surface area contributed by atoms with Gasteiger partial charge in [0.2, 0.25) is 11.8 Å². The molecule has 15 heavy (non-hydrogen) atoms. The van der Waals surface area contributed by atoms with E-state index in [0.717, 1.165) is 12.8 Å². The zero-order chi connectivity index (χ0) is 11.3. The third kappa shape index (κ3) is 2.92. The Kier molecular flexibility index (Phi) is 4.55. The Balaban J connectivity index is 2.56. The summed E-state index contributed by atoms with van der Waals surface area (Å²) in [6, 6.07) is -0.330. The highest BCUT2D eigenvalue weighted by Crippen LogP contribution is 2.18. The molecule has 0 aromatic heterocycles. The Labute approximate surface area is 89.4 Å². The molecule has 86 valence electrons. The van der Waals surface area contributed by atoms with E-state index in [4.69, 9.17) is 5.11 Å². The van der Waals surface area contributed by atoms with Gasteiger partial charge in [0, 0.05) is 19.5 Å². The van der Waals surface area contributed by atoms with Gasteiger partial charge in [-0.1, -0.05) is 0 Å². The molecule has 1 atom stereocenters. The highest BCUT2D eigenvalue weighted by Gasteiger charge is 2.33. The van der Waals surface area contributed by atoms with Crippen LogP contribution in [0.3, 0.4) is 0 Å². The molecule has 1 unspecified atom stereocenters. The second-order valence-electron chi connectivity index (χ2n) is 3.61. The Morgan fingerprint density at radius 3 is 2.87 bits per heavy atom. The second-order valence-corrected chi connectivity index (χ2v) is 3.61. The Bertz CT molecular complexity index is 219. The third-order valence-electron chi connectivity index (χ3n) is 2.55. The molecule has 1 saturated heterocycles. The third-order valence-corrected chi connectivity index (χ3v) is 2.55. The van der Waals surface area contributed by atoms with Crippen molar-refractivity contribution in [2.24, 2.45) is 0 Å². The fraction of sp³-hybridized carbons (Fsp3) is 0.800. The van der Waals surface area contributed by atoms with Crippen molar-refractivity contribution in [3.8, 4) is 0 Å². The summed E-state index contributed by atoms with van der Waals surface area (Å²) in [7, 11) is 0. The van der Waals surface area contributed by atoms with Crippen molar-refractivity contribution in [3.05, 3.63) is 0 Å². The van der Waals surface area contributed by atoms with E-state index in [1.165, 1.54) is 0 Å². The standard InChI is InChI=1S/C10H18N2O3/c1-2-11-10(15)8-4-3-6-12(8)9(14)5-7-13/h8,13H,2-7H2,1H3,(H,11,15). The highest BCUT2D eigenvalue weighted by molar-refractivity contribution is 5.88. The van der Waals surface area contributed by atoms with E-state index in [1.807, 2.05) is 6.92 Å². The fourth-order valence-electron chi connectivity index (χ4n) is 1.87. The van der Waals surface area contributed by atoms with Crippen molar-refractivity contribution in [1.29, 1.82) is 0 Å². The summed E-state index contributed by atoms with van der Waals surface area (Å²) >= 11 is 0. The van der Waals surface area contributed by atoms with E-state index in [-0.39, 0.29) is 30.9 Å². The number of carbonyl (C=O) groups is 2. The predicted octanol–water partition coefficient (Wildman–Crippen LogP) is -0.504. The van der Waals surface area contributed by atoms with Crippen molar-refractivity contribution >= 4 is 11.8 Å². The minimum atomic E-state index is -0.330. The van der Waals surface area contributed by atoms with Crippen molar-refractivity contribution in [2.45, 2.75) is 32.2 Å². The average Bonchev–Trinajstić information content (AvgIpc) is 2.66. The van der Waals surface area contributed by atoms with Crippen LogP contribution in [0.4, 0.5) is 0 Å². The highest BCUT2D eigenvalue weighted by atomic mass is 16.3. The minimum absolute atomic E-state index is 0.0821. The molecule has 5 heteroatoms. The van der Waals surface area contributed by atoms with E-state index < -0.39 is 0 Å². The van der Waals surface area contributed by atoms with Crippen LogP contribution in [0.1, 0.15) is 26.2 Å². The van der Waals surface area contributed by atoms with Gasteiger partial charge in [-0.2, -0.15) is 0 Å². The topological polar surface area (TPSA) is 69.6 Å². The van der Waals surface area contributed by atoms with E-state index in [0.29, 0.717) is 13.1 Å². The van der Waals surface area contributed by atoms with E-state index in [1.54, 1.807) is 4.90 Å². The molecule has 2 amide bonds. The molecule has 1 aliphatic rings. The molecule has 0 radical (unpaired) electrons. The van der Waals surface area contributed by atoms with Crippen molar-refractivity contribution in [3.63, 3.8) is 0 Å². The maximum Gasteiger partial charge on any atom is 0.242 e. The lowest BCUT2D eigenvalue weighted by Gasteiger charge is -2.23. The number of rotatable bonds is 4. The number of hydrogen-bond acceptors (Lipinski definition) is 3. The first-order chi connectivity index (χ1) is 7.20. The maximum absolute atomic E-state index is 11.6. The van der Waals surface area contributed by atoms with Gasteiger partial charge < -0.3 is 15.3 Å². The van der Waals surface area contributed by atoms with Crippen LogP contribution in [-0.2, 0) is 9.59 Å². The van der Waals surface area contributed by atoms with Gasteiger partial charge in [0.1, 0.15) is 6.04 Å². The summed E-state index contributed by atoms with van der Waals surface area (Å²) < 4.78 is 0. The molecule has 1 aliphatic heterocycles. The predicted molar refractivity (Wildman–Crippen MR) is 55.1 cm³/mol. The number of amides is 2. The quantitative estimate of drug-likeness (QED) is 0.662. The first-order valence-electron chi connectivity index (χ1n) is 5.38. The van der Waals surface area contributed by atoms with Gasteiger partial charge in [-0.15, -0.1) is 0 Å². The number of aliphatic hydroxyl groups is 1. The van der Waals surface area contributed by atoms with Gasteiger partial charge >= 0.3 is 0 Å². The Morgan fingerprint density at radius 2 is 2.27 bits per heavy atom. The summed E-state index contributed by atoms with van der Waals surface area (Å²) in [5.41, 5.74) is 0. The van der Waals surface area contributed by atoms with Crippen LogP contribution in [0.2, 0.25) is 0 Å². The van der Waals surface area contributed by atoms with Crippen LogP contribution in [0.25, 0.3) is 0 Å². The lowest BCUT2D eigenvalue weighted by molar-refractivity contribution is -0.138. The van der Waals surface area contributed by atoms with Gasteiger partial charge in [0.25, 0.3) is 0 Å². The summed E-state index contributed by atoms with van der Waals surface area (Å²) in [6.45, 7) is 2.90. The zero-order valence-corrected chi connectivity index (χ0v) is 9.03. The maximum atomic E-state index is 11.6. The number of hydrogen-bond donors (Lipinski definition) is 2. The first kappa shape index (κ1) is 12.0. The van der Waals surface area contributed by atoms with Gasteiger partial charge in [-0.05, 0) is 19.8 Å². The summed E-state index contributed by atoms with van der Waals surface area (Å²) in [6.07, 6.45) is 1.69. The summed E-state index contributed by atoms with van der Waals surface area (Å²) in [5, 5.41) is 11.4. The lowest BCUT2D eigenvalue weighted by Crippen LogP contribution is -2.46. The molecule has 1 rings (SSSR count). The lowest BCUT2D eigenvalue weighted by atomic mass is 10.2. The van der Waals surface area contributed by atoms with Crippen LogP contribution < -0.4 is 5.32 Å². The number of carbonyl (C=O) groups excluding carboxylic acids is 2.